The van der Waals surface area contributed by atoms with E-state index in [9.17, 15) is 9.59 Å². The van der Waals surface area contributed by atoms with Crippen molar-refractivity contribution >= 4 is 8.45 Å². The van der Waals surface area contributed by atoms with Crippen LogP contribution in [0.4, 0.5) is 0 Å². The van der Waals surface area contributed by atoms with E-state index in [1.807, 2.05) is 66.7 Å². The van der Waals surface area contributed by atoms with Crippen molar-refractivity contribution in [2.75, 3.05) is 73.4 Å². The number of H-pyrrole nitrogens is 1. The van der Waals surface area contributed by atoms with E-state index in [1.54, 1.807) is 27.3 Å². The zero-order valence-electron chi connectivity index (χ0n) is 30.3. The molecular formula is C39H47N4O9P. The summed E-state index contributed by atoms with van der Waals surface area (Å²) in [5.41, 5.74) is 1.05. The van der Waals surface area contributed by atoms with Crippen LogP contribution in [0.2, 0.25) is 0 Å². The molecule has 0 saturated carbocycles. The topological polar surface area (TPSA) is 126 Å². The number of rotatable bonds is 13. The SMILES string of the molecule is COc1ccc(C(OC[C@H]2O[C@@H](n3cc(C)c(=O)[nH]c3=O)C[C@@H]2OP(N2CCOCC2)N2CCOCC2)(c2ccccc2)c2ccc(OC)cc2)cc1. The van der Waals surface area contributed by atoms with E-state index in [-0.39, 0.29) is 6.61 Å². The molecule has 0 bridgehead atoms. The fraction of sp³-hybridized carbons (Fsp3) is 0.436. The fourth-order valence-electron chi connectivity index (χ4n) is 7.10. The number of morpholine rings is 2. The average Bonchev–Trinajstić information content (AvgIpc) is 3.62. The molecule has 0 spiro atoms. The van der Waals surface area contributed by atoms with Gasteiger partial charge in [0.2, 0.25) is 0 Å². The van der Waals surface area contributed by atoms with Gasteiger partial charge in [-0.1, -0.05) is 54.6 Å². The standard InChI is InChI=1S/C39H47N4O9P/c1-28-26-43(38(45)40-37(28)44)36-25-34(52-53(41-17-21-48-22-18-41)42-19-23-49-24-20-42)35(51-36)27-50-39(29-7-5-4-6-8-29,30-9-13-32(46-2)14-10-30)31-11-15-33(47-3)16-12-31/h4-16,26,34-36H,17-25,27H2,1-3H3,(H,40,44,45)/t34-,35+,36+/m0/s1. The molecule has 282 valence electrons. The Morgan fingerprint density at radius 3 is 1.83 bits per heavy atom. The number of hydrogen-bond acceptors (Lipinski definition) is 11. The van der Waals surface area contributed by atoms with Gasteiger partial charge < -0.3 is 32.9 Å². The molecule has 4 aromatic rings. The van der Waals surface area contributed by atoms with Crippen LogP contribution in [-0.2, 0) is 29.1 Å². The van der Waals surface area contributed by atoms with Crippen LogP contribution in [0.15, 0.2) is 94.6 Å². The molecule has 0 unspecified atom stereocenters. The number of aromatic nitrogens is 2. The smallest absolute Gasteiger partial charge is 0.330 e. The number of ether oxygens (including phenoxy) is 6. The van der Waals surface area contributed by atoms with Crippen LogP contribution in [0.3, 0.4) is 0 Å². The molecule has 0 aliphatic carbocycles. The predicted molar refractivity (Wildman–Crippen MR) is 199 cm³/mol. The van der Waals surface area contributed by atoms with Gasteiger partial charge >= 0.3 is 5.69 Å². The summed E-state index contributed by atoms with van der Waals surface area (Å²) in [6, 6.07) is 25.9. The van der Waals surface area contributed by atoms with E-state index in [4.69, 9.17) is 32.9 Å². The van der Waals surface area contributed by atoms with Gasteiger partial charge in [0.1, 0.15) is 29.4 Å². The van der Waals surface area contributed by atoms with Crippen molar-refractivity contribution in [3.8, 4) is 11.5 Å². The molecule has 3 aliphatic heterocycles. The first kappa shape index (κ1) is 37.4. The minimum absolute atomic E-state index is 0.112. The van der Waals surface area contributed by atoms with Crippen LogP contribution in [0, 0.1) is 6.92 Å². The minimum atomic E-state index is -1.23. The molecule has 1 aromatic heterocycles. The third-order valence-electron chi connectivity index (χ3n) is 9.96. The quantitative estimate of drug-likeness (QED) is 0.154. The molecule has 1 N–H and O–H groups in total. The molecule has 0 amide bonds. The number of benzene rings is 3. The predicted octanol–water partition coefficient (Wildman–Crippen LogP) is 4.43. The van der Waals surface area contributed by atoms with Crippen LogP contribution >= 0.6 is 8.45 Å². The Hall–Kier alpha value is -3.91. The number of methoxy groups -OCH3 is 2. The Morgan fingerprint density at radius 2 is 1.30 bits per heavy atom. The zero-order valence-corrected chi connectivity index (χ0v) is 31.2. The summed E-state index contributed by atoms with van der Waals surface area (Å²) in [6.45, 7) is 7.25. The molecular weight excluding hydrogens is 699 g/mol. The molecule has 0 radical (unpaired) electrons. The molecule has 53 heavy (non-hydrogen) atoms. The first-order valence-corrected chi connectivity index (χ1v) is 19.1. The van der Waals surface area contributed by atoms with E-state index in [0.717, 1.165) is 54.4 Å². The lowest BCUT2D eigenvalue weighted by Gasteiger charge is -2.42. The van der Waals surface area contributed by atoms with Crippen molar-refractivity contribution in [2.24, 2.45) is 0 Å². The Kier molecular flexibility index (Phi) is 12.0. The number of aromatic amines is 1. The lowest BCUT2D eigenvalue weighted by Crippen LogP contribution is -2.43. The number of hydrogen-bond donors (Lipinski definition) is 1. The summed E-state index contributed by atoms with van der Waals surface area (Å²) in [4.78, 5) is 27.9. The summed E-state index contributed by atoms with van der Waals surface area (Å²) in [5.74, 6) is 1.45. The average molecular weight is 747 g/mol. The first-order valence-electron chi connectivity index (χ1n) is 18.0. The van der Waals surface area contributed by atoms with E-state index < -0.39 is 43.7 Å². The molecule has 7 rings (SSSR count). The van der Waals surface area contributed by atoms with Crippen molar-refractivity contribution in [1.82, 2.24) is 18.9 Å². The van der Waals surface area contributed by atoms with Crippen LogP contribution in [0.25, 0.3) is 0 Å². The maximum absolute atomic E-state index is 13.2. The van der Waals surface area contributed by atoms with Crippen molar-refractivity contribution in [3.63, 3.8) is 0 Å². The Labute approximate surface area is 310 Å². The van der Waals surface area contributed by atoms with Gasteiger partial charge in [0.05, 0.1) is 53.4 Å². The lowest BCUT2D eigenvalue weighted by atomic mass is 9.80. The van der Waals surface area contributed by atoms with Crippen LogP contribution in [0.5, 0.6) is 11.5 Å². The highest BCUT2D eigenvalue weighted by Gasteiger charge is 2.45. The molecule has 3 aliphatic rings. The van der Waals surface area contributed by atoms with Crippen molar-refractivity contribution < 1.29 is 32.9 Å². The Balaban J connectivity index is 1.28. The molecule has 3 saturated heterocycles. The number of aryl methyl sites for hydroxylation is 1. The Bertz CT molecular complexity index is 1830. The normalized spacial score (nSPS) is 21.5. The van der Waals surface area contributed by atoms with E-state index in [2.05, 4.69) is 26.5 Å². The highest BCUT2D eigenvalue weighted by molar-refractivity contribution is 7.47. The van der Waals surface area contributed by atoms with Gasteiger partial charge in [-0.05, 0) is 47.9 Å². The van der Waals surface area contributed by atoms with Gasteiger partial charge in [0.25, 0.3) is 5.56 Å². The molecule has 13 nitrogen and oxygen atoms in total. The molecule has 3 aromatic carbocycles. The number of nitrogens with one attached hydrogen (secondary N) is 1. The highest BCUT2D eigenvalue weighted by atomic mass is 31.2. The monoisotopic (exact) mass is 746 g/mol. The molecule has 4 heterocycles. The largest absolute Gasteiger partial charge is 0.497 e. The van der Waals surface area contributed by atoms with Gasteiger partial charge in [-0.15, -0.1) is 0 Å². The van der Waals surface area contributed by atoms with Crippen LogP contribution < -0.4 is 20.7 Å². The Morgan fingerprint density at radius 1 is 0.774 bits per heavy atom. The third-order valence-corrected chi connectivity index (χ3v) is 12.2. The van der Waals surface area contributed by atoms with Crippen LogP contribution in [-0.4, -0.2) is 105 Å². The summed E-state index contributed by atoms with van der Waals surface area (Å²) in [5, 5.41) is 0. The minimum Gasteiger partial charge on any atom is -0.497 e. The molecule has 3 atom stereocenters. The van der Waals surface area contributed by atoms with Gasteiger partial charge in [-0.25, -0.2) is 14.1 Å². The summed E-state index contributed by atoms with van der Waals surface area (Å²) in [6.07, 6.45) is 0.177. The second-order valence-corrected chi connectivity index (χ2v) is 15.0. The molecule has 14 heteroatoms. The maximum atomic E-state index is 13.2. The maximum Gasteiger partial charge on any atom is 0.330 e. The van der Waals surface area contributed by atoms with Gasteiger partial charge in [-0.3, -0.25) is 14.3 Å². The van der Waals surface area contributed by atoms with Crippen LogP contribution in [0.1, 0.15) is 34.9 Å². The second-order valence-electron chi connectivity index (χ2n) is 13.2. The van der Waals surface area contributed by atoms with E-state index >= 15 is 0 Å². The second kappa shape index (κ2) is 17.0. The van der Waals surface area contributed by atoms with Gasteiger partial charge in [0, 0.05) is 44.4 Å². The fourth-order valence-corrected chi connectivity index (χ4v) is 9.20. The van der Waals surface area contributed by atoms with E-state index in [1.165, 1.54) is 4.57 Å². The summed E-state index contributed by atoms with van der Waals surface area (Å²) in [7, 11) is 2.06. The highest BCUT2D eigenvalue weighted by Crippen LogP contribution is 2.51. The zero-order chi connectivity index (χ0) is 36.8. The third kappa shape index (κ3) is 8.13. The van der Waals surface area contributed by atoms with Gasteiger partial charge in [0.15, 0.2) is 8.45 Å². The van der Waals surface area contributed by atoms with Crippen molar-refractivity contribution in [2.45, 2.75) is 37.4 Å². The summed E-state index contributed by atoms with van der Waals surface area (Å²) < 4.78 is 49.9. The molecule has 3 fully saturated rings. The van der Waals surface area contributed by atoms with Crippen molar-refractivity contribution in [1.29, 1.82) is 0 Å². The van der Waals surface area contributed by atoms with Gasteiger partial charge in [-0.2, -0.15) is 0 Å². The lowest BCUT2D eigenvalue weighted by molar-refractivity contribution is -0.0923. The summed E-state index contributed by atoms with van der Waals surface area (Å²) >= 11 is 0. The number of nitrogens with zero attached hydrogens (tertiary/aromatic N) is 3. The van der Waals surface area contributed by atoms with Crippen molar-refractivity contribution in [3.05, 3.63) is 128 Å². The van der Waals surface area contributed by atoms with E-state index in [0.29, 0.717) is 38.4 Å². The first-order chi connectivity index (χ1) is 25.9.